The number of aliphatic hydroxyl groups is 1. The van der Waals surface area contributed by atoms with Crippen molar-refractivity contribution >= 4 is 17.3 Å². The summed E-state index contributed by atoms with van der Waals surface area (Å²) in [5, 5.41) is 32.9. The van der Waals surface area contributed by atoms with E-state index in [4.69, 9.17) is 5.11 Å². The molecule has 0 fully saturated rings. The molecule has 7 nitrogen and oxygen atoms in total. The molecular weight excluding hydrogens is 276 g/mol. The molecule has 116 valence electrons. The van der Waals surface area contributed by atoms with Crippen molar-refractivity contribution in [3.63, 3.8) is 0 Å². The van der Waals surface area contributed by atoms with E-state index in [0.29, 0.717) is 6.42 Å². The second-order valence-electron chi connectivity index (χ2n) is 5.74. The van der Waals surface area contributed by atoms with Gasteiger partial charge in [-0.05, 0) is 31.4 Å². The minimum absolute atomic E-state index is 0.137. The van der Waals surface area contributed by atoms with Crippen molar-refractivity contribution < 1.29 is 19.9 Å². The van der Waals surface area contributed by atoms with Crippen LogP contribution in [0.5, 0.6) is 0 Å². The molecule has 1 unspecified atom stereocenters. The number of hydrogen-bond acceptors (Lipinski definition) is 5. The SMILES string of the molecule is CC(C)CC(C)(O)CNc1ccc(C(=O)O)cc1[N+](=O)[O-]. The molecule has 1 atom stereocenters. The number of nitro groups is 1. The number of nitrogens with zero attached hydrogens (tertiary/aromatic N) is 1. The van der Waals surface area contributed by atoms with Gasteiger partial charge in [-0.15, -0.1) is 0 Å². The summed E-state index contributed by atoms with van der Waals surface area (Å²) < 4.78 is 0. The van der Waals surface area contributed by atoms with Crippen LogP contribution in [0.3, 0.4) is 0 Å². The van der Waals surface area contributed by atoms with E-state index in [1.807, 2.05) is 13.8 Å². The predicted molar refractivity (Wildman–Crippen MR) is 78.6 cm³/mol. The van der Waals surface area contributed by atoms with Gasteiger partial charge in [0.05, 0.1) is 16.1 Å². The molecule has 7 heteroatoms. The Labute approximate surface area is 122 Å². The number of anilines is 1. The molecule has 0 amide bonds. The predicted octanol–water partition coefficient (Wildman–Crippen LogP) is 2.50. The molecule has 0 aliphatic carbocycles. The van der Waals surface area contributed by atoms with Crippen LogP contribution in [0.4, 0.5) is 11.4 Å². The van der Waals surface area contributed by atoms with Gasteiger partial charge < -0.3 is 15.5 Å². The third-order valence-electron chi connectivity index (χ3n) is 2.95. The maximum atomic E-state index is 11.0. The Morgan fingerprint density at radius 2 is 2.10 bits per heavy atom. The summed E-state index contributed by atoms with van der Waals surface area (Å²) in [5.41, 5.74) is -1.29. The molecule has 0 aliphatic heterocycles. The number of benzene rings is 1. The average Bonchev–Trinajstić information content (AvgIpc) is 2.34. The van der Waals surface area contributed by atoms with Gasteiger partial charge in [0.15, 0.2) is 0 Å². The smallest absolute Gasteiger partial charge is 0.335 e. The monoisotopic (exact) mass is 296 g/mol. The molecule has 0 bridgehead atoms. The molecule has 21 heavy (non-hydrogen) atoms. The third-order valence-corrected chi connectivity index (χ3v) is 2.95. The Kier molecular flexibility index (Phi) is 5.26. The molecule has 0 heterocycles. The lowest BCUT2D eigenvalue weighted by Crippen LogP contribution is -2.35. The summed E-state index contributed by atoms with van der Waals surface area (Å²) in [6, 6.07) is 3.63. The highest BCUT2D eigenvalue weighted by atomic mass is 16.6. The van der Waals surface area contributed by atoms with Gasteiger partial charge in [-0.1, -0.05) is 13.8 Å². The van der Waals surface area contributed by atoms with Crippen molar-refractivity contribution in [3.05, 3.63) is 33.9 Å². The Balaban J connectivity index is 2.93. The zero-order valence-corrected chi connectivity index (χ0v) is 12.3. The number of hydrogen-bond donors (Lipinski definition) is 3. The average molecular weight is 296 g/mol. The second-order valence-corrected chi connectivity index (χ2v) is 5.74. The molecule has 0 aliphatic rings. The largest absolute Gasteiger partial charge is 0.478 e. The number of nitrogens with one attached hydrogen (secondary N) is 1. The third kappa shape index (κ3) is 5.03. The van der Waals surface area contributed by atoms with E-state index in [1.54, 1.807) is 6.92 Å². The lowest BCUT2D eigenvalue weighted by Gasteiger charge is -2.26. The van der Waals surface area contributed by atoms with Crippen LogP contribution >= 0.6 is 0 Å². The first-order valence-electron chi connectivity index (χ1n) is 6.60. The Morgan fingerprint density at radius 3 is 2.57 bits per heavy atom. The summed E-state index contributed by atoms with van der Waals surface area (Å²) in [6.07, 6.45) is 0.543. The molecule has 0 saturated carbocycles. The first-order valence-corrected chi connectivity index (χ1v) is 6.60. The molecule has 3 N–H and O–H groups in total. The molecule has 0 spiro atoms. The number of rotatable bonds is 7. The number of aromatic carboxylic acids is 1. The molecule has 0 radical (unpaired) electrons. The second kappa shape index (κ2) is 6.53. The Hall–Kier alpha value is -2.15. The summed E-state index contributed by atoms with van der Waals surface area (Å²) in [5.74, 6) is -0.942. The van der Waals surface area contributed by atoms with Crippen molar-refractivity contribution in [1.82, 2.24) is 0 Å². The van der Waals surface area contributed by atoms with Crippen LogP contribution in [-0.2, 0) is 0 Å². The van der Waals surface area contributed by atoms with Gasteiger partial charge in [-0.25, -0.2) is 4.79 Å². The van der Waals surface area contributed by atoms with E-state index in [1.165, 1.54) is 12.1 Å². The standard InChI is InChI=1S/C14H20N2O5/c1-9(2)7-14(3,19)8-15-11-5-4-10(13(17)18)6-12(11)16(20)21/h4-6,9,15,19H,7-8H2,1-3H3,(H,17,18). The van der Waals surface area contributed by atoms with Crippen LogP contribution in [0.25, 0.3) is 0 Å². The zero-order valence-electron chi connectivity index (χ0n) is 12.3. The Bertz CT molecular complexity index is 540. The van der Waals surface area contributed by atoms with Crippen LogP contribution in [0.15, 0.2) is 18.2 Å². The summed E-state index contributed by atoms with van der Waals surface area (Å²) in [7, 11) is 0. The van der Waals surface area contributed by atoms with Gasteiger partial charge in [0.1, 0.15) is 5.69 Å². The number of carboxylic acid groups (broad SMARTS) is 1. The first kappa shape index (κ1) is 16.9. The van der Waals surface area contributed by atoms with Gasteiger partial charge in [0.25, 0.3) is 5.69 Å². The fourth-order valence-corrected chi connectivity index (χ4v) is 2.20. The van der Waals surface area contributed by atoms with Crippen LogP contribution in [-0.4, -0.2) is 33.3 Å². The van der Waals surface area contributed by atoms with Gasteiger partial charge in [0.2, 0.25) is 0 Å². The lowest BCUT2D eigenvalue weighted by atomic mass is 9.94. The number of carbonyl (C=O) groups is 1. The zero-order chi connectivity index (χ0) is 16.2. The minimum Gasteiger partial charge on any atom is -0.478 e. The maximum Gasteiger partial charge on any atom is 0.335 e. The minimum atomic E-state index is -1.23. The highest BCUT2D eigenvalue weighted by Crippen LogP contribution is 2.27. The van der Waals surface area contributed by atoms with Crippen LogP contribution in [0, 0.1) is 16.0 Å². The fraction of sp³-hybridized carbons (Fsp3) is 0.500. The highest BCUT2D eigenvalue weighted by Gasteiger charge is 2.24. The van der Waals surface area contributed by atoms with Gasteiger partial charge >= 0.3 is 5.97 Å². The van der Waals surface area contributed by atoms with E-state index in [-0.39, 0.29) is 29.4 Å². The molecule has 1 aromatic carbocycles. The van der Waals surface area contributed by atoms with E-state index in [9.17, 15) is 20.0 Å². The quantitative estimate of drug-likeness (QED) is 0.526. The summed E-state index contributed by atoms with van der Waals surface area (Å²) >= 11 is 0. The van der Waals surface area contributed by atoms with E-state index < -0.39 is 16.5 Å². The van der Waals surface area contributed by atoms with Crippen molar-refractivity contribution in [2.45, 2.75) is 32.8 Å². The van der Waals surface area contributed by atoms with E-state index in [0.717, 1.165) is 6.07 Å². The van der Waals surface area contributed by atoms with Gasteiger partial charge in [-0.2, -0.15) is 0 Å². The van der Waals surface area contributed by atoms with Gasteiger partial charge in [0, 0.05) is 12.6 Å². The molecule has 1 aromatic rings. The van der Waals surface area contributed by atoms with Crippen molar-refractivity contribution in [2.75, 3.05) is 11.9 Å². The first-order chi connectivity index (χ1) is 9.62. The van der Waals surface area contributed by atoms with Crippen molar-refractivity contribution in [1.29, 1.82) is 0 Å². The van der Waals surface area contributed by atoms with E-state index in [2.05, 4.69) is 5.32 Å². The lowest BCUT2D eigenvalue weighted by molar-refractivity contribution is -0.384. The number of carboxylic acids is 1. The van der Waals surface area contributed by atoms with Crippen molar-refractivity contribution in [3.8, 4) is 0 Å². The number of nitro benzene ring substituents is 1. The summed E-state index contributed by atoms with van der Waals surface area (Å²) in [6.45, 7) is 5.73. The normalized spacial score (nSPS) is 13.8. The topological polar surface area (TPSA) is 113 Å². The van der Waals surface area contributed by atoms with Gasteiger partial charge in [-0.3, -0.25) is 10.1 Å². The molecule has 0 saturated heterocycles. The van der Waals surface area contributed by atoms with Crippen LogP contribution in [0.2, 0.25) is 0 Å². The molecular formula is C14H20N2O5. The summed E-state index contributed by atoms with van der Waals surface area (Å²) in [4.78, 5) is 21.2. The highest BCUT2D eigenvalue weighted by molar-refractivity contribution is 5.89. The molecule has 0 aromatic heterocycles. The van der Waals surface area contributed by atoms with E-state index >= 15 is 0 Å². The van der Waals surface area contributed by atoms with Crippen molar-refractivity contribution in [2.24, 2.45) is 5.92 Å². The fourth-order valence-electron chi connectivity index (χ4n) is 2.20. The molecule has 1 rings (SSSR count). The van der Waals surface area contributed by atoms with Crippen LogP contribution < -0.4 is 5.32 Å². The Morgan fingerprint density at radius 1 is 1.48 bits per heavy atom. The van der Waals surface area contributed by atoms with Crippen LogP contribution in [0.1, 0.15) is 37.6 Å². The maximum absolute atomic E-state index is 11.0.